The van der Waals surface area contributed by atoms with Crippen molar-refractivity contribution >= 4 is 11.6 Å². The molecule has 4 N–H and O–H groups in total. The van der Waals surface area contributed by atoms with Crippen molar-refractivity contribution in [3.63, 3.8) is 0 Å². The largest absolute Gasteiger partial charge is 0.398 e. The second kappa shape index (κ2) is 5.40. The lowest BCUT2D eigenvalue weighted by molar-refractivity contribution is 0.0849. The molecule has 18 heavy (non-hydrogen) atoms. The molecule has 1 fully saturated rings. The Morgan fingerprint density at radius 3 is 2.94 bits per heavy atom. The predicted molar refractivity (Wildman–Crippen MR) is 71.3 cm³/mol. The van der Waals surface area contributed by atoms with E-state index in [1.807, 2.05) is 6.92 Å². The third kappa shape index (κ3) is 2.82. The zero-order valence-electron chi connectivity index (χ0n) is 10.6. The third-order valence-electron chi connectivity index (χ3n) is 3.60. The number of nitrogen functional groups attached to an aromatic ring is 1. The summed E-state index contributed by atoms with van der Waals surface area (Å²) in [5.41, 5.74) is 7.86. The summed E-state index contributed by atoms with van der Waals surface area (Å²) in [6.45, 7) is 1.85. The van der Waals surface area contributed by atoms with Crippen molar-refractivity contribution < 1.29 is 9.90 Å². The molecule has 0 saturated heterocycles. The molecule has 2 atom stereocenters. The number of carbonyl (C=O) groups is 1. The molecule has 2 unspecified atom stereocenters. The molecule has 0 radical (unpaired) electrons. The predicted octanol–water partition coefficient (Wildman–Crippen LogP) is 1.61. The lowest BCUT2D eigenvalue weighted by Crippen LogP contribution is -2.40. The highest BCUT2D eigenvalue weighted by Gasteiger charge is 2.22. The maximum atomic E-state index is 12.1. The number of aliphatic hydroxyl groups is 1. The van der Waals surface area contributed by atoms with E-state index in [-0.39, 0.29) is 18.1 Å². The van der Waals surface area contributed by atoms with Gasteiger partial charge < -0.3 is 16.2 Å². The molecular weight excluding hydrogens is 228 g/mol. The van der Waals surface area contributed by atoms with Crippen molar-refractivity contribution in [3.05, 3.63) is 29.3 Å². The lowest BCUT2D eigenvalue weighted by atomic mass is 9.92. The van der Waals surface area contributed by atoms with Gasteiger partial charge in [0.25, 0.3) is 5.91 Å². The molecule has 1 saturated carbocycles. The van der Waals surface area contributed by atoms with Gasteiger partial charge in [-0.3, -0.25) is 4.79 Å². The first-order chi connectivity index (χ1) is 8.58. The van der Waals surface area contributed by atoms with Crippen LogP contribution >= 0.6 is 0 Å². The Morgan fingerprint density at radius 2 is 2.22 bits per heavy atom. The molecule has 0 heterocycles. The number of hydrogen-bond acceptors (Lipinski definition) is 3. The summed E-state index contributed by atoms with van der Waals surface area (Å²) in [4.78, 5) is 12.1. The van der Waals surface area contributed by atoms with Gasteiger partial charge in [-0.05, 0) is 50.3 Å². The molecule has 1 aromatic carbocycles. The second-order valence-electron chi connectivity index (χ2n) is 5.01. The fourth-order valence-corrected chi connectivity index (χ4v) is 2.46. The van der Waals surface area contributed by atoms with Crippen molar-refractivity contribution in [2.75, 3.05) is 5.73 Å². The van der Waals surface area contributed by atoms with Gasteiger partial charge in [0.1, 0.15) is 0 Å². The van der Waals surface area contributed by atoms with E-state index in [2.05, 4.69) is 5.32 Å². The lowest BCUT2D eigenvalue weighted by Gasteiger charge is -2.26. The Bertz CT molecular complexity index is 445. The van der Waals surface area contributed by atoms with Gasteiger partial charge in [0.15, 0.2) is 0 Å². The highest BCUT2D eigenvalue weighted by Crippen LogP contribution is 2.20. The standard InChI is InChI=1S/C14H20N2O2/c1-9-12(6-3-7-13(9)15)14(18)16-10-4-2-5-11(17)8-10/h3,6-7,10-11,17H,2,4-5,8,15H2,1H3,(H,16,18). The summed E-state index contributed by atoms with van der Waals surface area (Å²) < 4.78 is 0. The quantitative estimate of drug-likeness (QED) is 0.696. The fourth-order valence-electron chi connectivity index (χ4n) is 2.46. The van der Waals surface area contributed by atoms with Gasteiger partial charge in [-0.2, -0.15) is 0 Å². The van der Waals surface area contributed by atoms with E-state index in [1.165, 1.54) is 0 Å². The molecule has 98 valence electrons. The molecule has 1 aromatic rings. The molecule has 0 spiro atoms. The number of aliphatic hydroxyl groups excluding tert-OH is 1. The van der Waals surface area contributed by atoms with E-state index in [0.29, 0.717) is 17.7 Å². The second-order valence-corrected chi connectivity index (χ2v) is 5.01. The van der Waals surface area contributed by atoms with Gasteiger partial charge in [0, 0.05) is 17.3 Å². The number of nitrogens with one attached hydrogen (secondary N) is 1. The molecule has 0 bridgehead atoms. The number of benzene rings is 1. The molecule has 0 aliphatic heterocycles. The van der Waals surface area contributed by atoms with Crippen LogP contribution < -0.4 is 11.1 Å². The first kappa shape index (κ1) is 12.9. The number of nitrogens with two attached hydrogens (primary N) is 1. The first-order valence-corrected chi connectivity index (χ1v) is 6.42. The molecular formula is C14H20N2O2. The van der Waals surface area contributed by atoms with Crippen LogP contribution in [-0.2, 0) is 0 Å². The Kier molecular flexibility index (Phi) is 3.87. The molecule has 0 aromatic heterocycles. The van der Waals surface area contributed by atoms with Crippen LogP contribution in [0.1, 0.15) is 41.6 Å². The van der Waals surface area contributed by atoms with Crippen LogP contribution in [0.15, 0.2) is 18.2 Å². The summed E-state index contributed by atoms with van der Waals surface area (Å²) in [7, 11) is 0. The van der Waals surface area contributed by atoms with Gasteiger partial charge in [0.05, 0.1) is 6.10 Å². The SMILES string of the molecule is Cc1c(N)cccc1C(=O)NC1CCCC(O)C1. The minimum Gasteiger partial charge on any atom is -0.398 e. The van der Waals surface area contributed by atoms with Crippen LogP contribution in [0.4, 0.5) is 5.69 Å². The topological polar surface area (TPSA) is 75.4 Å². The zero-order valence-corrected chi connectivity index (χ0v) is 10.6. The summed E-state index contributed by atoms with van der Waals surface area (Å²) in [5, 5.41) is 12.6. The van der Waals surface area contributed by atoms with Crippen molar-refractivity contribution in [2.45, 2.75) is 44.8 Å². The molecule has 1 amide bonds. The van der Waals surface area contributed by atoms with Crippen molar-refractivity contribution in [2.24, 2.45) is 0 Å². The van der Waals surface area contributed by atoms with Crippen molar-refractivity contribution in [1.82, 2.24) is 5.32 Å². The highest BCUT2D eigenvalue weighted by atomic mass is 16.3. The van der Waals surface area contributed by atoms with Crippen LogP contribution in [0.3, 0.4) is 0 Å². The first-order valence-electron chi connectivity index (χ1n) is 6.42. The molecule has 4 heteroatoms. The molecule has 4 nitrogen and oxygen atoms in total. The number of carbonyl (C=O) groups excluding carboxylic acids is 1. The van der Waals surface area contributed by atoms with Crippen LogP contribution in [0.25, 0.3) is 0 Å². The van der Waals surface area contributed by atoms with E-state index in [0.717, 1.165) is 24.8 Å². The Balaban J connectivity index is 2.05. The van der Waals surface area contributed by atoms with Crippen molar-refractivity contribution in [1.29, 1.82) is 0 Å². The Morgan fingerprint density at radius 1 is 1.44 bits per heavy atom. The number of anilines is 1. The van der Waals surface area contributed by atoms with Crippen LogP contribution in [0.5, 0.6) is 0 Å². The molecule has 1 aliphatic rings. The van der Waals surface area contributed by atoms with Crippen LogP contribution in [0.2, 0.25) is 0 Å². The zero-order chi connectivity index (χ0) is 13.1. The van der Waals surface area contributed by atoms with Gasteiger partial charge in [0.2, 0.25) is 0 Å². The minimum absolute atomic E-state index is 0.0714. The monoisotopic (exact) mass is 248 g/mol. The van der Waals surface area contributed by atoms with E-state index < -0.39 is 0 Å². The maximum absolute atomic E-state index is 12.1. The summed E-state index contributed by atoms with van der Waals surface area (Å²) >= 11 is 0. The third-order valence-corrected chi connectivity index (χ3v) is 3.60. The van der Waals surface area contributed by atoms with E-state index in [9.17, 15) is 9.90 Å². The number of rotatable bonds is 2. The van der Waals surface area contributed by atoms with Crippen LogP contribution in [-0.4, -0.2) is 23.2 Å². The Labute approximate surface area is 107 Å². The molecule has 2 rings (SSSR count). The van der Waals surface area contributed by atoms with E-state index in [1.54, 1.807) is 18.2 Å². The van der Waals surface area contributed by atoms with E-state index in [4.69, 9.17) is 5.73 Å². The van der Waals surface area contributed by atoms with E-state index >= 15 is 0 Å². The number of hydrogen-bond donors (Lipinski definition) is 3. The van der Waals surface area contributed by atoms with Crippen LogP contribution in [0, 0.1) is 6.92 Å². The van der Waals surface area contributed by atoms with Gasteiger partial charge in [-0.25, -0.2) is 0 Å². The Hall–Kier alpha value is -1.55. The number of amides is 1. The van der Waals surface area contributed by atoms with Gasteiger partial charge in [-0.15, -0.1) is 0 Å². The summed E-state index contributed by atoms with van der Waals surface area (Å²) in [6.07, 6.45) is 3.09. The minimum atomic E-state index is -0.286. The average Bonchev–Trinajstić information content (AvgIpc) is 2.32. The average molecular weight is 248 g/mol. The smallest absolute Gasteiger partial charge is 0.251 e. The summed E-state index contributed by atoms with van der Waals surface area (Å²) in [5.74, 6) is -0.0982. The van der Waals surface area contributed by atoms with Gasteiger partial charge >= 0.3 is 0 Å². The maximum Gasteiger partial charge on any atom is 0.251 e. The highest BCUT2D eigenvalue weighted by molar-refractivity contribution is 5.97. The fraction of sp³-hybridized carbons (Fsp3) is 0.500. The normalized spacial score (nSPS) is 23.7. The van der Waals surface area contributed by atoms with Gasteiger partial charge in [-0.1, -0.05) is 6.07 Å². The van der Waals surface area contributed by atoms with Crippen molar-refractivity contribution in [3.8, 4) is 0 Å². The molecule has 1 aliphatic carbocycles. The summed E-state index contributed by atoms with van der Waals surface area (Å²) in [6, 6.07) is 5.42.